The topological polar surface area (TPSA) is 54.1 Å². The molecule has 4 rings (SSSR count). The van der Waals surface area contributed by atoms with Crippen LogP contribution in [0.1, 0.15) is 44.7 Å². The Morgan fingerprint density at radius 3 is 2.93 bits per heavy atom. The van der Waals surface area contributed by atoms with Crippen LogP contribution in [0, 0.1) is 6.92 Å². The van der Waals surface area contributed by atoms with E-state index in [0.29, 0.717) is 19.2 Å². The second-order valence-corrected chi connectivity index (χ2v) is 8.47. The van der Waals surface area contributed by atoms with Crippen LogP contribution in [-0.2, 0) is 16.0 Å². The van der Waals surface area contributed by atoms with Crippen LogP contribution < -0.4 is 0 Å². The molecule has 0 radical (unpaired) electrons. The molecule has 6 nitrogen and oxygen atoms in total. The van der Waals surface area contributed by atoms with Crippen molar-refractivity contribution in [2.75, 3.05) is 13.2 Å². The molecule has 0 saturated carbocycles. The van der Waals surface area contributed by atoms with E-state index in [4.69, 9.17) is 14.6 Å². The largest absolute Gasteiger partial charge is 0.353 e. The maximum Gasteiger partial charge on any atom is 0.157 e. The molecule has 1 unspecified atom stereocenters. The first-order chi connectivity index (χ1) is 13.5. The first kappa shape index (κ1) is 19.6. The van der Waals surface area contributed by atoms with Crippen molar-refractivity contribution in [1.29, 1.82) is 0 Å². The van der Waals surface area contributed by atoms with Crippen molar-refractivity contribution in [2.24, 2.45) is 0 Å². The van der Waals surface area contributed by atoms with Crippen molar-refractivity contribution >= 4 is 26.8 Å². The lowest BCUT2D eigenvalue weighted by molar-refractivity contribution is -0.163. The molecule has 3 aromatic rings. The van der Waals surface area contributed by atoms with Crippen LogP contribution >= 0.6 is 15.9 Å². The maximum absolute atomic E-state index is 5.86. The van der Waals surface area contributed by atoms with Gasteiger partial charge in [-0.2, -0.15) is 5.10 Å². The van der Waals surface area contributed by atoms with Crippen LogP contribution in [-0.4, -0.2) is 38.8 Å². The van der Waals surface area contributed by atoms with Crippen molar-refractivity contribution in [3.63, 3.8) is 0 Å². The standard InChI is InChI=1S/C21H27BrN4O2/c1-14(2)26-13-17(16-11-23-19(22)10-18(16)26)21-15(3)12-25(24-21)7-9-28-20-6-4-5-8-27-20/h10-14,20H,4-9H2,1-3H3. The molecule has 0 aromatic carbocycles. The number of hydrogen-bond acceptors (Lipinski definition) is 4. The van der Waals surface area contributed by atoms with Gasteiger partial charge in [0.05, 0.1) is 24.4 Å². The minimum Gasteiger partial charge on any atom is -0.353 e. The van der Waals surface area contributed by atoms with Gasteiger partial charge in [-0.05, 0) is 67.6 Å². The zero-order valence-corrected chi connectivity index (χ0v) is 18.3. The monoisotopic (exact) mass is 446 g/mol. The molecule has 1 aliphatic heterocycles. The van der Waals surface area contributed by atoms with Crippen molar-refractivity contribution in [2.45, 2.75) is 58.9 Å². The first-order valence-corrected chi connectivity index (χ1v) is 10.8. The molecule has 28 heavy (non-hydrogen) atoms. The van der Waals surface area contributed by atoms with Crippen LogP contribution in [0.2, 0.25) is 0 Å². The summed E-state index contributed by atoms with van der Waals surface area (Å²) >= 11 is 3.49. The Labute approximate surface area is 174 Å². The van der Waals surface area contributed by atoms with E-state index in [1.807, 2.05) is 10.9 Å². The molecule has 0 bridgehead atoms. The van der Waals surface area contributed by atoms with E-state index in [1.165, 1.54) is 11.9 Å². The van der Waals surface area contributed by atoms with Crippen molar-refractivity contribution in [3.05, 3.63) is 34.8 Å². The molecule has 1 saturated heterocycles. The molecular weight excluding hydrogens is 420 g/mol. The minimum atomic E-state index is -0.0570. The lowest BCUT2D eigenvalue weighted by Gasteiger charge is -2.22. The fraction of sp³-hybridized carbons (Fsp3) is 0.524. The number of ether oxygens (including phenoxy) is 2. The molecular formula is C21H27BrN4O2. The highest BCUT2D eigenvalue weighted by Gasteiger charge is 2.18. The van der Waals surface area contributed by atoms with Gasteiger partial charge < -0.3 is 14.0 Å². The van der Waals surface area contributed by atoms with Gasteiger partial charge in [-0.25, -0.2) is 4.98 Å². The highest BCUT2D eigenvalue weighted by atomic mass is 79.9. The molecule has 0 N–H and O–H groups in total. The quantitative estimate of drug-likeness (QED) is 0.494. The Morgan fingerprint density at radius 2 is 2.18 bits per heavy atom. The number of halogens is 1. The van der Waals surface area contributed by atoms with Crippen LogP contribution in [0.4, 0.5) is 0 Å². The summed E-state index contributed by atoms with van der Waals surface area (Å²) in [5.74, 6) is 0. The van der Waals surface area contributed by atoms with E-state index >= 15 is 0 Å². The zero-order valence-electron chi connectivity index (χ0n) is 16.7. The second-order valence-electron chi connectivity index (χ2n) is 7.66. The Balaban J connectivity index is 1.56. The van der Waals surface area contributed by atoms with E-state index in [2.05, 4.69) is 64.7 Å². The highest BCUT2D eigenvalue weighted by Crippen LogP contribution is 2.34. The molecule has 0 aliphatic carbocycles. The second kappa shape index (κ2) is 8.35. The minimum absolute atomic E-state index is 0.0570. The number of hydrogen-bond donors (Lipinski definition) is 0. The summed E-state index contributed by atoms with van der Waals surface area (Å²) in [5.41, 5.74) is 4.44. The van der Waals surface area contributed by atoms with Gasteiger partial charge >= 0.3 is 0 Å². The third-order valence-electron chi connectivity index (χ3n) is 5.20. The molecule has 0 amide bonds. The Morgan fingerprint density at radius 1 is 1.32 bits per heavy atom. The average molecular weight is 447 g/mol. The van der Waals surface area contributed by atoms with E-state index in [9.17, 15) is 0 Å². The van der Waals surface area contributed by atoms with Gasteiger partial charge in [-0.3, -0.25) is 4.68 Å². The van der Waals surface area contributed by atoms with Crippen molar-refractivity contribution < 1.29 is 9.47 Å². The Bertz CT molecular complexity index is 957. The number of aromatic nitrogens is 4. The van der Waals surface area contributed by atoms with Gasteiger partial charge in [0.2, 0.25) is 0 Å². The lowest BCUT2D eigenvalue weighted by Crippen LogP contribution is -2.24. The predicted molar refractivity (Wildman–Crippen MR) is 113 cm³/mol. The van der Waals surface area contributed by atoms with E-state index in [0.717, 1.165) is 46.3 Å². The van der Waals surface area contributed by atoms with Crippen LogP contribution in [0.3, 0.4) is 0 Å². The number of rotatable bonds is 6. The molecule has 7 heteroatoms. The van der Waals surface area contributed by atoms with E-state index in [1.54, 1.807) is 0 Å². The molecule has 0 spiro atoms. The summed E-state index contributed by atoms with van der Waals surface area (Å²) in [4.78, 5) is 4.44. The van der Waals surface area contributed by atoms with Gasteiger partial charge in [0.15, 0.2) is 6.29 Å². The highest BCUT2D eigenvalue weighted by molar-refractivity contribution is 9.10. The third kappa shape index (κ3) is 4.02. The summed E-state index contributed by atoms with van der Waals surface area (Å²) in [6.45, 7) is 8.61. The zero-order chi connectivity index (χ0) is 19.7. The first-order valence-electron chi connectivity index (χ1n) is 9.96. The Kier molecular flexibility index (Phi) is 5.85. The molecule has 4 heterocycles. The lowest BCUT2D eigenvalue weighted by atomic mass is 10.1. The Hall–Kier alpha value is -1.70. The molecule has 150 valence electrons. The van der Waals surface area contributed by atoms with Gasteiger partial charge in [-0.15, -0.1) is 0 Å². The number of nitrogens with zero attached hydrogens (tertiary/aromatic N) is 4. The van der Waals surface area contributed by atoms with Gasteiger partial charge in [-0.1, -0.05) is 0 Å². The predicted octanol–water partition coefficient (Wildman–Crippen LogP) is 5.09. The molecule has 3 aromatic heterocycles. The van der Waals surface area contributed by atoms with Crippen LogP contribution in [0.15, 0.2) is 29.3 Å². The van der Waals surface area contributed by atoms with Gasteiger partial charge in [0.25, 0.3) is 0 Å². The normalized spacial score (nSPS) is 17.7. The van der Waals surface area contributed by atoms with Crippen LogP contribution in [0.5, 0.6) is 0 Å². The number of pyridine rings is 1. The van der Waals surface area contributed by atoms with Crippen molar-refractivity contribution in [3.8, 4) is 11.3 Å². The smallest absolute Gasteiger partial charge is 0.157 e. The summed E-state index contributed by atoms with van der Waals surface area (Å²) in [6.07, 6.45) is 9.45. The van der Waals surface area contributed by atoms with Gasteiger partial charge in [0.1, 0.15) is 4.60 Å². The SMILES string of the molecule is Cc1cn(CCOC2CCCCO2)nc1-c1cn(C(C)C)c2cc(Br)ncc12. The van der Waals surface area contributed by atoms with Crippen molar-refractivity contribution in [1.82, 2.24) is 19.3 Å². The average Bonchev–Trinajstić information content (AvgIpc) is 3.22. The van der Waals surface area contributed by atoms with E-state index in [-0.39, 0.29) is 6.29 Å². The van der Waals surface area contributed by atoms with Crippen LogP contribution in [0.25, 0.3) is 22.2 Å². The molecule has 1 atom stereocenters. The summed E-state index contributed by atoms with van der Waals surface area (Å²) < 4.78 is 16.6. The summed E-state index contributed by atoms with van der Waals surface area (Å²) in [6, 6.07) is 2.43. The number of fused-ring (bicyclic) bond motifs is 1. The summed E-state index contributed by atoms with van der Waals surface area (Å²) in [5, 5.41) is 5.97. The fourth-order valence-electron chi connectivity index (χ4n) is 3.76. The fourth-order valence-corrected chi connectivity index (χ4v) is 4.08. The summed E-state index contributed by atoms with van der Waals surface area (Å²) in [7, 11) is 0. The number of aryl methyl sites for hydroxylation is 1. The van der Waals surface area contributed by atoms with E-state index < -0.39 is 0 Å². The maximum atomic E-state index is 5.86. The third-order valence-corrected chi connectivity index (χ3v) is 5.64. The van der Waals surface area contributed by atoms with Gasteiger partial charge in [0, 0.05) is 42.2 Å². The molecule has 1 fully saturated rings. The molecule has 1 aliphatic rings.